The molecule has 1 amide bonds. The standard InChI is InChI=1S/C33H37Cl2N3O3/c1-21-16-38(22(2)19-39)33(40)32-31(26-11-7-8-12-29(26)37(32)4)25-10-6-5-9-24(25)20-41-30(21)18-36(3)17-23-13-14-27(34)28(35)15-23/h5-15,21-22,30,39H,16-20H2,1-4H3/t21-,22-,30-/m0/s1. The molecule has 0 saturated heterocycles. The van der Waals surface area contributed by atoms with Crippen molar-refractivity contribution < 1.29 is 14.6 Å². The van der Waals surface area contributed by atoms with Gasteiger partial charge in [0.2, 0.25) is 0 Å². The van der Waals surface area contributed by atoms with Gasteiger partial charge in [-0.15, -0.1) is 0 Å². The second-order valence-electron chi connectivity index (χ2n) is 11.2. The van der Waals surface area contributed by atoms with Gasteiger partial charge in [0, 0.05) is 49.1 Å². The molecule has 3 atom stereocenters. The Morgan fingerprint density at radius 1 is 1.07 bits per heavy atom. The highest BCUT2D eigenvalue weighted by atomic mass is 35.5. The molecule has 4 aromatic rings. The summed E-state index contributed by atoms with van der Waals surface area (Å²) in [7, 11) is 4.00. The summed E-state index contributed by atoms with van der Waals surface area (Å²) in [5, 5.41) is 12.3. The van der Waals surface area contributed by atoms with Crippen LogP contribution in [0.2, 0.25) is 10.0 Å². The second kappa shape index (κ2) is 12.6. The third-order valence-electron chi connectivity index (χ3n) is 8.15. The number of halogens is 2. The van der Waals surface area contributed by atoms with Gasteiger partial charge in [-0.1, -0.05) is 78.7 Å². The van der Waals surface area contributed by atoms with E-state index >= 15 is 0 Å². The van der Waals surface area contributed by atoms with Crippen molar-refractivity contribution in [2.24, 2.45) is 13.0 Å². The maximum atomic E-state index is 14.5. The topological polar surface area (TPSA) is 57.9 Å². The minimum Gasteiger partial charge on any atom is -0.394 e. The number of aliphatic hydroxyl groups excluding tert-OH is 1. The Hall–Kier alpha value is -2.87. The number of ether oxygens (including phenoxy) is 1. The zero-order valence-corrected chi connectivity index (χ0v) is 25.5. The summed E-state index contributed by atoms with van der Waals surface area (Å²) in [6.07, 6.45) is -0.171. The number of aryl methyl sites for hydroxylation is 1. The van der Waals surface area contributed by atoms with Crippen LogP contribution in [0.3, 0.4) is 0 Å². The summed E-state index contributed by atoms with van der Waals surface area (Å²) in [4.78, 5) is 18.5. The zero-order chi connectivity index (χ0) is 29.3. The molecule has 0 fully saturated rings. The highest BCUT2D eigenvalue weighted by Gasteiger charge is 2.33. The molecule has 1 aliphatic heterocycles. The number of carbonyl (C=O) groups is 1. The first-order chi connectivity index (χ1) is 19.7. The van der Waals surface area contributed by atoms with Crippen molar-refractivity contribution in [2.75, 3.05) is 26.7 Å². The van der Waals surface area contributed by atoms with Crippen molar-refractivity contribution in [3.05, 3.63) is 93.6 Å². The van der Waals surface area contributed by atoms with Gasteiger partial charge in [-0.05, 0) is 48.9 Å². The van der Waals surface area contributed by atoms with Crippen LogP contribution in [-0.4, -0.2) is 64.3 Å². The number of benzene rings is 3. The lowest BCUT2D eigenvalue weighted by Gasteiger charge is -2.35. The van der Waals surface area contributed by atoms with E-state index in [2.05, 4.69) is 37.1 Å². The van der Waals surface area contributed by atoms with Crippen LogP contribution in [0.25, 0.3) is 22.0 Å². The van der Waals surface area contributed by atoms with Gasteiger partial charge in [-0.3, -0.25) is 9.69 Å². The molecule has 0 aliphatic carbocycles. The largest absolute Gasteiger partial charge is 0.394 e. The van der Waals surface area contributed by atoms with Gasteiger partial charge in [0.1, 0.15) is 5.69 Å². The van der Waals surface area contributed by atoms with Gasteiger partial charge in [0.15, 0.2) is 0 Å². The molecule has 216 valence electrons. The monoisotopic (exact) mass is 593 g/mol. The molecule has 3 aromatic carbocycles. The summed E-state index contributed by atoms with van der Waals surface area (Å²) in [5.74, 6) is -0.0979. The molecular formula is C33H37Cl2N3O3. The lowest BCUT2D eigenvalue weighted by Crippen LogP contribution is -2.47. The smallest absolute Gasteiger partial charge is 0.271 e. The number of para-hydroxylation sites is 1. The molecule has 8 heteroatoms. The number of aromatic nitrogens is 1. The quantitative estimate of drug-likeness (QED) is 0.272. The number of rotatable bonds is 6. The van der Waals surface area contributed by atoms with E-state index in [1.54, 1.807) is 0 Å². The molecule has 0 spiro atoms. The van der Waals surface area contributed by atoms with Crippen molar-refractivity contribution >= 4 is 40.0 Å². The average Bonchev–Trinajstić information content (AvgIpc) is 3.26. The lowest BCUT2D eigenvalue weighted by molar-refractivity contribution is -0.0242. The zero-order valence-electron chi connectivity index (χ0n) is 24.0. The molecule has 1 aliphatic rings. The fourth-order valence-corrected chi connectivity index (χ4v) is 6.17. The van der Waals surface area contributed by atoms with Gasteiger partial charge in [-0.2, -0.15) is 0 Å². The summed E-state index contributed by atoms with van der Waals surface area (Å²) >= 11 is 12.4. The van der Waals surface area contributed by atoms with Gasteiger partial charge in [0.05, 0.1) is 35.4 Å². The molecule has 0 saturated carbocycles. The minimum absolute atomic E-state index is 0.00685. The van der Waals surface area contributed by atoms with E-state index < -0.39 is 0 Å². The maximum absolute atomic E-state index is 14.5. The number of hydrogen-bond donors (Lipinski definition) is 1. The molecule has 1 aromatic heterocycles. The molecule has 0 unspecified atom stereocenters. The van der Waals surface area contributed by atoms with Crippen LogP contribution in [0.5, 0.6) is 0 Å². The van der Waals surface area contributed by atoms with Gasteiger partial charge in [-0.25, -0.2) is 0 Å². The van der Waals surface area contributed by atoms with Crippen LogP contribution in [0.15, 0.2) is 66.7 Å². The van der Waals surface area contributed by atoms with Gasteiger partial charge >= 0.3 is 0 Å². The first-order valence-corrected chi connectivity index (χ1v) is 14.8. The fraction of sp³-hybridized carbons (Fsp3) is 0.364. The van der Waals surface area contributed by atoms with Gasteiger partial charge < -0.3 is 19.3 Å². The lowest BCUT2D eigenvalue weighted by atomic mass is 9.96. The van der Waals surface area contributed by atoms with E-state index in [0.29, 0.717) is 42.0 Å². The Kier molecular flexibility index (Phi) is 9.07. The first-order valence-electron chi connectivity index (χ1n) is 14.0. The minimum atomic E-state index is -0.360. The van der Waals surface area contributed by atoms with E-state index in [4.69, 9.17) is 27.9 Å². The Labute approximate surface area is 252 Å². The summed E-state index contributed by atoms with van der Waals surface area (Å²) in [5.41, 5.74) is 5.61. The van der Waals surface area contributed by atoms with Crippen LogP contribution in [0, 0.1) is 5.92 Å². The molecule has 1 N–H and O–H groups in total. The van der Waals surface area contributed by atoms with E-state index in [-0.39, 0.29) is 30.6 Å². The van der Waals surface area contributed by atoms with Crippen LogP contribution in [0.1, 0.15) is 35.5 Å². The maximum Gasteiger partial charge on any atom is 0.271 e. The van der Waals surface area contributed by atoms with E-state index in [1.807, 2.05) is 72.0 Å². The SMILES string of the molecule is C[C@H]1CN([C@@H](C)CO)C(=O)c2c(c3ccccc3n2C)-c2ccccc2CO[C@H]1CN(C)Cc1ccc(Cl)c(Cl)c1. The Balaban J connectivity index is 1.55. The van der Waals surface area contributed by atoms with Crippen LogP contribution >= 0.6 is 23.2 Å². The predicted molar refractivity (Wildman–Crippen MR) is 166 cm³/mol. The molecule has 41 heavy (non-hydrogen) atoms. The summed E-state index contributed by atoms with van der Waals surface area (Å²) in [6, 6.07) is 21.6. The predicted octanol–water partition coefficient (Wildman–Crippen LogP) is 6.64. The van der Waals surface area contributed by atoms with Crippen molar-refractivity contribution in [3.63, 3.8) is 0 Å². The highest BCUT2D eigenvalue weighted by molar-refractivity contribution is 6.42. The van der Waals surface area contributed by atoms with E-state index in [0.717, 1.165) is 33.2 Å². The number of fused-ring (bicyclic) bond motifs is 5. The summed E-state index contributed by atoms with van der Waals surface area (Å²) < 4.78 is 8.69. The van der Waals surface area contributed by atoms with Crippen molar-refractivity contribution in [2.45, 2.75) is 39.1 Å². The normalized spacial score (nSPS) is 18.7. The Morgan fingerprint density at radius 2 is 1.80 bits per heavy atom. The Morgan fingerprint density at radius 3 is 2.56 bits per heavy atom. The second-order valence-corrected chi connectivity index (χ2v) is 12.0. The molecule has 6 nitrogen and oxygen atoms in total. The third kappa shape index (κ3) is 6.04. The third-order valence-corrected chi connectivity index (χ3v) is 8.89. The number of likely N-dealkylation sites (N-methyl/N-ethyl adjacent to an activating group) is 1. The van der Waals surface area contributed by atoms with Crippen LogP contribution < -0.4 is 0 Å². The number of aliphatic hydroxyl groups is 1. The van der Waals surface area contributed by atoms with Gasteiger partial charge in [0.25, 0.3) is 5.91 Å². The highest BCUT2D eigenvalue weighted by Crippen LogP contribution is 2.38. The molecule has 5 rings (SSSR count). The average molecular weight is 595 g/mol. The first kappa shape index (κ1) is 29.6. The number of nitrogens with zero attached hydrogens (tertiary/aromatic N) is 3. The Bertz CT molecular complexity index is 1550. The molecular weight excluding hydrogens is 557 g/mol. The van der Waals surface area contributed by atoms with E-state index in [1.165, 1.54) is 0 Å². The number of carbonyl (C=O) groups excluding carboxylic acids is 1. The van der Waals surface area contributed by atoms with Crippen molar-refractivity contribution in [1.29, 1.82) is 0 Å². The fourth-order valence-electron chi connectivity index (χ4n) is 5.85. The number of hydrogen-bond acceptors (Lipinski definition) is 4. The van der Waals surface area contributed by atoms with Crippen LogP contribution in [0.4, 0.5) is 0 Å². The summed E-state index contributed by atoms with van der Waals surface area (Å²) in [6.45, 7) is 6.07. The molecule has 0 bridgehead atoms. The van der Waals surface area contributed by atoms with Crippen LogP contribution in [-0.2, 0) is 24.9 Å². The molecule has 0 radical (unpaired) electrons. The number of amides is 1. The van der Waals surface area contributed by atoms with E-state index in [9.17, 15) is 9.90 Å². The van der Waals surface area contributed by atoms with Crippen molar-refractivity contribution in [1.82, 2.24) is 14.4 Å². The molecule has 2 heterocycles. The van der Waals surface area contributed by atoms with Crippen molar-refractivity contribution in [3.8, 4) is 11.1 Å².